The van der Waals surface area contributed by atoms with Crippen LogP contribution in [-0.4, -0.2) is 49.1 Å². The number of amides is 1. The fourth-order valence-electron chi connectivity index (χ4n) is 1.81. The monoisotopic (exact) mass is 243 g/mol. The smallest absolute Gasteiger partial charge is 0.289 e. The van der Waals surface area contributed by atoms with Crippen LogP contribution in [0.3, 0.4) is 0 Å². The van der Waals surface area contributed by atoms with Crippen LogP contribution in [-0.2, 0) is 19.0 Å². The van der Waals surface area contributed by atoms with Gasteiger partial charge in [-0.3, -0.25) is 4.79 Å². The number of hydrogen-bond acceptors (Lipinski definition) is 5. The Balaban J connectivity index is 1.85. The Hall–Kier alpha value is -1.27. The van der Waals surface area contributed by atoms with Crippen LogP contribution in [0, 0.1) is 0 Å². The molecule has 0 radical (unpaired) electrons. The molecule has 6 nitrogen and oxygen atoms in total. The third-order valence-electron chi connectivity index (χ3n) is 3.09. The fourth-order valence-corrected chi connectivity index (χ4v) is 1.81. The summed E-state index contributed by atoms with van der Waals surface area (Å²) in [7, 11) is 0. The lowest BCUT2D eigenvalue weighted by Crippen LogP contribution is -2.48. The fraction of sp³-hybridized carbons (Fsp3) is 0.727. The van der Waals surface area contributed by atoms with Gasteiger partial charge < -0.3 is 24.6 Å². The molecule has 0 aromatic heterocycles. The van der Waals surface area contributed by atoms with E-state index in [0.29, 0.717) is 26.2 Å². The maximum Gasteiger partial charge on any atom is 0.289 e. The molecule has 1 fully saturated rings. The van der Waals surface area contributed by atoms with Crippen molar-refractivity contribution < 1.29 is 24.1 Å². The minimum absolute atomic E-state index is 0.145. The zero-order valence-corrected chi connectivity index (χ0v) is 9.77. The van der Waals surface area contributed by atoms with Crippen molar-refractivity contribution in [1.29, 1.82) is 0 Å². The summed E-state index contributed by atoms with van der Waals surface area (Å²) in [5, 5.41) is 12.8. The predicted octanol–water partition coefficient (Wildman–Crippen LogP) is -0.469. The van der Waals surface area contributed by atoms with Crippen LogP contribution >= 0.6 is 0 Å². The van der Waals surface area contributed by atoms with Gasteiger partial charge in [0.1, 0.15) is 25.1 Å². The molecule has 96 valence electrons. The molecule has 0 saturated carbocycles. The first-order chi connectivity index (χ1) is 8.12. The van der Waals surface area contributed by atoms with Crippen LogP contribution in [0.4, 0.5) is 0 Å². The van der Waals surface area contributed by atoms with Gasteiger partial charge in [-0.2, -0.15) is 0 Å². The quantitative estimate of drug-likeness (QED) is 0.701. The molecule has 0 aromatic carbocycles. The highest BCUT2D eigenvalue weighted by Crippen LogP contribution is 2.24. The second-order valence-electron chi connectivity index (χ2n) is 4.25. The lowest BCUT2D eigenvalue weighted by Gasteiger charge is -2.26. The van der Waals surface area contributed by atoms with Gasteiger partial charge in [0, 0.05) is 19.6 Å². The van der Waals surface area contributed by atoms with E-state index in [1.165, 1.54) is 6.26 Å². The lowest BCUT2D eigenvalue weighted by atomic mass is 9.97. The van der Waals surface area contributed by atoms with Gasteiger partial charge in [0.25, 0.3) is 5.91 Å². The molecule has 1 amide bonds. The molecule has 2 rings (SSSR count). The van der Waals surface area contributed by atoms with E-state index in [4.69, 9.17) is 14.2 Å². The molecule has 2 aliphatic rings. The van der Waals surface area contributed by atoms with Crippen molar-refractivity contribution >= 4 is 5.91 Å². The Morgan fingerprint density at radius 1 is 1.59 bits per heavy atom. The summed E-state index contributed by atoms with van der Waals surface area (Å²) in [6.45, 7) is 3.26. The van der Waals surface area contributed by atoms with Crippen LogP contribution < -0.4 is 5.32 Å². The van der Waals surface area contributed by atoms with Crippen molar-refractivity contribution in [2.75, 3.05) is 26.4 Å². The summed E-state index contributed by atoms with van der Waals surface area (Å²) in [4.78, 5) is 11.7. The average molecular weight is 243 g/mol. The standard InChI is InChI=1S/C11H17NO5/c1-8-11(14,2-3-16-8)7-12-10(13)9-6-15-4-5-17-9/h6,8,14H,2-5,7H2,1H3,(H,12,13). The molecule has 2 atom stereocenters. The molecule has 2 N–H and O–H groups in total. The van der Waals surface area contributed by atoms with E-state index in [2.05, 4.69) is 5.32 Å². The molecule has 2 unspecified atom stereocenters. The highest BCUT2D eigenvalue weighted by Gasteiger charge is 2.39. The van der Waals surface area contributed by atoms with E-state index in [-0.39, 0.29) is 24.3 Å². The number of carbonyl (C=O) groups is 1. The summed E-state index contributed by atoms with van der Waals surface area (Å²) in [5.74, 6) is -0.233. The maximum absolute atomic E-state index is 11.7. The van der Waals surface area contributed by atoms with E-state index in [0.717, 1.165) is 0 Å². The topological polar surface area (TPSA) is 77.0 Å². The van der Waals surface area contributed by atoms with Crippen molar-refractivity contribution in [3.05, 3.63) is 12.0 Å². The third kappa shape index (κ3) is 2.70. The molecule has 17 heavy (non-hydrogen) atoms. The normalized spacial score (nSPS) is 32.4. The van der Waals surface area contributed by atoms with Crippen LogP contribution in [0.2, 0.25) is 0 Å². The summed E-state index contributed by atoms with van der Waals surface area (Å²) in [5.41, 5.74) is -0.994. The number of rotatable bonds is 3. The molecular weight excluding hydrogens is 226 g/mol. The van der Waals surface area contributed by atoms with Crippen molar-refractivity contribution in [2.45, 2.75) is 25.0 Å². The predicted molar refractivity (Wildman–Crippen MR) is 58.0 cm³/mol. The summed E-state index contributed by atoms with van der Waals surface area (Å²) in [6.07, 6.45) is 1.53. The van der Waals surface area contributed by atoms with Gasteiger partial charge in [-0.15, -0.1) is 0 Å². The van der Waals surface area contributed by atoms with E-state index >= 15 is 0 Å². The molecular formula is C11H17NO5. The van der Waals surface area contributed by atoms with E-state index in [9.17, 15) is 9.90 Å². The molecule has 6 heteroatoms. The van der Waals surface area contributed by atoms with Gasteiger partial charge in [0.2, 0.25) is 5.76 Å². The van der Waals surface area contributed by atoms with Crippen LogP contribution in [0.25, 0.3) is 0 Å². The Morgan fingerprint density at radius 3 is 3.00 bits per heavy atom. The Bertz CT molecular complexity index is 330. The summed E-state index contributed by atoms with van der Waals surface area (Å²) in [6, 6.07) is 0. The van der Waals surface area contributed by atoms with Crippen LogP contribution in [0.5, 0.6) is 0 Å². The third-order valence-corrected chi connectivity index (χ3v) is 3.09. The molecule has 2 heterocycles. The summed E-state index contributed by atoms with van der Waals surface area (Å²) >= 11 is 0. The second kappa shape index (κ2) is 4.93. The Labute approximate surface area is 99.5 Å². The zero-order chi connectivity index (χ0) is 12.3. The van der Waals surface area contributed by atoms with Gasteiger partial charge in [0.15, 0.2) is 0 Å². The number of hydrogen-bond donors (Lipinski definition) is 2. The molecule has 2 aliphatic heterocycles. The highest BCUT2D eigenvalue weighted by atomic mass is 16.6. The lowest BCUT2D eigenvalue weighted by molar-refractivity contribution is -0.124. The van der Waals surface area contributed by atoms with Gasteiger partial charge in [-0.25, -0.2) is 0 Å². The minimum atomic E-state index is -0.994. The first kappa shape index (κ1) is 12.2. The molecule has 1 saturated heterocycles. The van der Waals surface area contributed by atoms with E-state index in [1.54, 1.807) is 6.92 Å². The highest BCUT2D eigenvalue weighted by molar-refractivity contribution is 5.91. The molecule has 0 bridgehead atoms. The van der Waals surface area contributed by atoms with Gasteiger partial charge >= 0.3 is 0 Å². The molecule has 0 aliphatic carbocycles. The van der Waals surface area contributed by atoms with Crippen molar-refractivity contribution in [2.24, 2.45) is 0 Å². The first-order valence-corrected chi connectivity index (χ1v) is 5.68. The minimum Gasteiger partial charge on any atom is -0.494 e. The van der Waals surface area contributed by atoms with Crippen molar-refractivity contribution in [3.63, 3.8) is 0 Å². The number of ether oxygens (including phenoxy) is 3. The van der Waals surface area contributed by atoms with Gasteiger partial charge in [0.05, 0.1) is 6.10 Å². The Morgan fingerprint density at radius 2 is 2.41 bits per heavy atom. The van der Waals surface area contributed by atoms with Crippen molar-refractivity contribution in [3.8, 4) is 0 Å². The summed E-state index contributed by atoms with van der Waals surface area (Å²) < 4.78 is 15.4. The number of nitrogens with one attached hydrogen (secondary N) is 1. The van der Waals surface area contributed by atoms with Crippen LogP contribution in [0.1, 0.15) is 13.3 Å². The maximum atomic E-state index is 11.7. The first-order valence-electron chi connectivity index (χ1n) is 5.68. The van der Waals surface area contributed by atoms with Crippen LogP contribution in [0.15, 0.2) is 12.0 Å². The zero-order valence-electron chi connectivity index (χ0n) is 9.77. The average Bonchev–Trinajstić information content (AvgIpc) is 2.68. The van der Waals surface area contributed by atoms with E-state index in [1.807, 2.05) is 0 Å². The van der Waals surface area contributed by atoms with Gasteiger partial charge in [-0.05, 0) is 6.92 Å². The SMILES string of the molecule is CC1OCCC1(O)CNC(=O)C1=COCCO1. The second-order valence-corrected chi connectivity index (χ2v) is 4.25. The van der Waals surface area contributed by atoms with Gasteiger partial charge in [-0.1, -0.05) is 0 Å². The Kier molecular flexibility index (Phi) is 3.54. The molecule has 0 aromatic rings. The number of carbonyl (C=O) groups excluding carboxylic acids is 1. The number of aliphatic hydroxyl groups is 1. The largest absolute Gasteiger partial charge is 0.494 e. The van der Waals surface area contributed by atoms with Crippen molar-refractivity contribution in [1.82, 2.24) is 5.32 Å². The van der Waals surface area contributed by atoms with E-state index < -0.39 is 5.60 Å². The molecule has 0 spiro atoms.